The molecular weight excluding hydrogens is 214 g/mol. The molecule has 0 aromatic heterocycles. The molecule has 6 heteroatoms. The zero-order valence-electron chi connectivity index (χ0n) is 9.77. The van der Waals surface area contributed by atoms with Gasteiger partial charge in [-0.3, -0.25) is 9.59 Å². The van der Waals surface area contributed by atoms with Crippen molar-refractivity contribution in [3.8, 4) is 0 Å². The van der Waals surface area contributed by atoms with Crippen molar-refractivity contribution in [2.45, 2.75) is 13.8 Å². The molecule has 1 N–H and O–H groups in total. The average Bonchev–Trinajstić information content (AvgIpc) is 2.25. The van der Waals surface area contributed by atoms with E-state index in [-0.39, 0.29) is 19.1 Å². The van der Waals surface area contributed by atoms with Crippen molar-refractivity contribution in [3.63, 3.8) is 0 Å². The van der Waals surface area contributed by atoms with Crippen LogP contribution in [0.5, 0.6) is 0 Å². The Morgan fingerprint density at radius 2 is 1.81 bits per heavy atom. The van der Waals surface area contributed by atoms with E-state index in [1.807, 2.05) is 6.92 Å². The van der Waals surface area contributed by atoms with E-state index in [2.05, 4.69) is 0 Å². The van der Waals surface area contributed by atoms with Gasteiger partial charge in [-0.25, -0.2) is 0 Å². The van der Waals surface area contributed by atoms with Crippen LogP contribution in [-0.2, 0) is 19.1 Å². The first-order valence-corrected chi connectivity index (χ1v) is 5.26. The minimum atomic E-state index is -1.02. The highest BCUT2D eigenvalue weighted by Gasteiger charge is 2.14. The quantitative estimate of drug-likeness (QED) is 0.566. The second kappa shape index (κ2) is 9.11. The summed E-state index contributed by atoms with van der Waals surface area (Å²) in [6.45, 7) is 4.95. The van der Waals surface area contributed by atoms with Gasteiger partial charge in [-0.1, -0.05) is 0 Å². The first-order chi connectivity index (χ1) is 7.61. The normalized spacial score (nSPS) is 10.1. The molecule has 94 valence electrons. The molecule has 0 fully saturated rings. The van der Waals surface area contributed by atoms with E-state index in [9.17, 15) is 9.59 Å². The van der Waals surface area contributed by atoms with E-state index in [0.29, 0.717) is 26.4 Å². The lowest BCUT2D eigenvalue weighted by Gasteiger charge is -2.18. The van der Waals surface area contributed by atoms with E-state index in [1.165, 1.54) is 4.90 Å². The number of ether oxygens (including phenoxy) is 2. The minimum Gasteiger partial charge on any atom is -0.480 e. The van der Waals surface area contributed by atoms with Crippen molar-refractivity contribution < 1.29 is 24.2 Å². The SMILES string of the molecule is CCOCCOCC(=O)N(CC)CC(=O)O. The maximum Gasteiger partial charge on any atom is 0.323 e. The van der Waals surface area contributed by atoms with Crippen LogP contribution in [0, 0.1) is 0 Å². The standard InChI is InChI=1S/C10H19NO5/c1-3-11(7-10(13)14)9(12)8-16-6-5-15-4-2/h3-8H2,1-2H3,(H,13,14). The molecule has 0 unspecified atom stereocenters. The summed E-state index contributed by atoms with van der Waals surface area (Å²) in [6, 6.07) is 0. The second-order valence-electron chi connectivity index (χ2n) is 3.05. The molecule has 0 saturated carbocycles. The van der Waals surface area contributed by atoms with Crippen LogP contribution in [0.25, 0.3) is 0 Å². The molecule has 0 aromatic carbocycles. The molecule has 0 bridgehead atoms. The molecule has 0 saturated heterocycles. The molecule has 0 atom stereocenters. The lowest BCUT2D eigenvalue weighted by Crippen LogP contribution is -2.38. The number of carbonyl (C=O) groups excluding carboxylic acids is 1. The van der Waals surface area contributed by atoms with Gasteiger partial charge in [0.15, 0.2) is 0 Å². The number of carboxylic acid groups (broad SMARTS) is 1. The van der Waals surface area contributed by atoms with E-state index in [4.69, 9.17) is 14.6 Å². The second-order valence-corrected chi connectivity index (χ2v) is 3.05. The summed E-state index contributed by atoms with van der Waals surface area (Å²) < 4.78 is 10.1. The van der Waals surface area contributed by atoms with Crippen LogP contribution in [0.15, 0.2) is 0 Å². The number of carboxylic acids is 1. The van der Waals surface area contributed by atoms with Crippen LogP contribution < -0.4 is 0 Å². The van der Waals surface area contributed by atoms with Gasteiger partial charge in [-0.05, 0) is 13.8 Å². The Kier molecular flexibility index (Phi) is 8.46. The molecule has 0 spiro atoms. The zero-order chi connectivity index (χ0) is 12.4. The highest BCUT2D eigenvalue weighted by atomic mass is 16.5. The summed E-state index contributed by atoms with van der Waals surface area (Å²) in [6.07, 6.45) is 0. The van der Waals surface area contributed by atoms with E-state index in [1.54, 1.807) is 6.92 Å². The zero-order valence-corrected chi connectivity index (χ0v) is 9.77. The van der Waals surface area contributed by atoms with Gasteiger partial charge >= 0.3 is 5.97 Å². The molecule has 0 aliphatic heterocycles. The molecule has 0 radical (unpaired) electrons. The third kappa shape index (κ3) is 7.19. The van der Waals surface area contributed by atoms with E-state index >= 15 is 0 Å². The Labute approximate surface area is 95.1 Å². The Hall–Kier alpha value is -1.14. The van der Waals surface area contributed by atoms with E-state index < -0.39 is 5.97 Å². The number of amides is 1. The molecule has 0 aliphatic rings. The lowest BCUT2D eigenvalue weighted by molar-refractivity contribution is -0.146. The number of aliphatic carboxylic acids is 1. The largest absolute Gasteiger partial charge is 0.480 e. The van der Waals surface area contributed by atoms with Gasteiger partial charge in [0.25, 0.3) is 0 Å². The molecule has 1 amide bonds. The highest BCUT2D eigenvalue weighted by Crippen LogP contribution is 1.91. The topological polar surface area (TPSA) is 76.1 Å². The van der Waals surface area contributed by atoms with Crippen molar-refractivity contribution in [1.82, 2.24) is 4.90 Å². The summed E-state index contributed by atoms with van der Waals surface area (Å²) in [5.41, 5.74) is 0. The summed E-state index contributed by atoms with van der Waals surface area (Å²) >= 11 is 0. The average molecular weight is 233 g/mol. The number of nitrogens with zero attached hydrogens (tertiary/aromatic N) is 1. The van der Waals surface area contributed by atoms with Gasteiger partial charge in [0.1, 0.15) is 13.2 Å². The summed E-state index contributed by atoms with van der Waals surface area (Å²) in [5.74, 6) is -1.34. The highest BCUT2D eigenvalue weighted by molar-refractivity contribution is 5.82. The number of hydrogen-bond acceptors (Lipinski definition) is 4. The summed E-state index contributed by atoms with van der Waals surface area (Å²) in [7, 11) is 0. The van der Waals surface area contributed by atoms with Gasteiger partial charge in [0, 0.05) is 13.2 Å². The smallest absolute Gasteiger partial charge is 0.323 e. The Balaban J connectivity index is 3.71. The van der Waals surface area contributed by atoms with Crippen LogP contribution in [0.4, 0.5) is 0 Å². The van der Waals surface area contributed by atoms with Gasteiger partial charge in [0.05, 0.1) is 13.2 Å². The first-order valence-electron chi connectivity index (χ1n) is 5.26. The maximum absolute atomic E-state index is 11.4. The molecule has 0 rings (SSSR count). The predicted octanol–water partition coefficient (Wildman–Crippen LogP) is -0.0274. The molecule has 0 heterocycles. The maximum atomic E-state index is 11.4. The molecule has 0 aromatic rings. The van der Waals surface area contributed by atoms with Crippen molar-refractivity contribution in [3.05, 3.63) is 0 Å². The fourth-order valence-corrected chi connectivity index (χ4v) is 1.05. The fraction of sp³-hybridized carbons (Fsp3) is 0.800. The fourth-order valence-electron chi connectivity index (χ4n) is 1.05. The monoisotopic (exact) mass is 233 g/mol. The Morgan fingerprint density at radius 1 is 1.19 bits per heavy atom. The first kappa shape index (κ1) is 14.9. The number of carbonyl (C=O) groups is 2. The molecule has 16 heavy (non-hydrogen) atoms. The molecular formula is C10H19NO5. The van der Waals surface area contributed by atoms with Gasteiger partial charge in [0.2, 0.25) is 5.91 Å². The minimum absolute atomic E-state index is 0.103. The van der Waals surface area contributed by atoms with Crippen LogP contribution >= 0.6 is 0 Å². The van der Waals surface area contributed by atoms with Crippen LogP contribution in [-0.4, -0.2) is 61.4 Å². The van der Waals surface area contributed by atoms with Crippen molar-refractivity contribution in [2.75, 3.05) is 39.5 Å². The molecule has 6 nitrogen and oxygen atoms in total. The summed E-state index contributed by atoms with van der Waals surface area (Å²) in [5, 5.41) is 8.55. The lowest BCUT2D eigenvalue weighted by atomic mass is 10.4. The van der Waals surface area contributed by atoms with Crippen LogP contribution in [0.2, 0.25) is 0 Å². The van der Waals surface area contributed by atoms with Gasteiger partial charge in [-0.2, -0.15) is 0 Å². The summed E-state index contributed by atoms with van der Waals surface area (Å²) in [4.78, 5) is 23.1. The van der Waals surface area contributed by atoms with Crippen molar-refractivity contribution in [2.24, 2.45) is 0 Å². The van der Waals surface area contributed by atoms with Crippen molar-refractivity contribution in [1.29, 1.82) is 0 Å². The number of likely N-dealkylation sites (N-methyl/N-ethyl adjacent to an activating group) is 1. The van der Waals surface area contributed by atoms with Crippen molar-refractivity contribution >= 4 is 11.9 Å². The predicted molar refractivity (Wildman–Crippen MR) is 57.2 cm³/mol. The van der Waals surface area contributed by atoms with E-state index in [0.717, 1.165) is 0 Å². The third-order valence-corrected chi connectivity index (χ3v) is 1.86. The third-order valence-electron chi connectivity index (χ3n) is 1.86. The Morgan fingerprint density at radius 3 is 2.31 bits per heavy atom. The van der Waals surface area contributed by atoms with Crippen LogP contribution in [0.1, 0.15) is 13.8 Å². The Bertz CT molecular complexity index is 219. The van der Waals surface area contributed by atoms with Gasteiger partial charge in [-0.15, -0.1) is 0 Å². The molecule has 0 aliphatic carbocycles. The van der Waals surface area contributed by atoms with Crippen LogP contribution in [0.3, 0.4) is 0 Å². The number of hydrogen-bond donors (Lipinski definition) is 1. The number of rotatable bonds is 9. The van der Waals surface area contributed by atoms with Gasteiger partial charge < -0.3 is 19.5 Å².